The van der Waals surface area contributed by atoms with Gasteiger partial charge in [-0.1, -0.05) is 38.1 Å². The topological polar surface area (TPSA) is 42.4 Å². The van der Waals surface area contributed by atoms with E-state index in [9.17, 15) is 4.79 Å². The second kappa shape index (κ2) is 8.84. The zero-order valence-electron chi connectivity index (χ0n) is 15.7. The zero-order valence-corrected chi connectivity index (χ0v) is 15.7. The molecule has 2 aromatic rings. The number of amides is 1. The van der Waals surface area contributed by atoms with E-state index >= 15 is 0 Å². The van der Waals surface area contributed by atoms with E-state index in [2.05, 4.69) is 24.9 Å². The number of rotatable bonds is 7. The first-order valence-electron chi connectivity index (χ1n) is 9.67. The molecule has 0 spiro atoms. The molecule has 4 heteroatoms. The Morgan fingerprint density at radius 2 is 1.96 bits per heavy atom. The number of carbonyl (C=O) groups is 1. The Hall–Kier alpha value is -2.36. The standard InChI is InChI=1S/C22H28N2O2/c1-3-18(4-2)24(21(25)16-26-19-12-6-5-7-13-19)20-14-8-10-17-11-9-15-23-22(17)20/h5-7,9,11-13,15,18,20H,3-4,8,10,14,16H2,1-2H3. The van der Waals surface area contributed by atoms with E-state index in [1.807, 2.05) is 47.5 Å². The fourth-order valence-electron chi connectivity index (χ4n) is 3.91. The molecule has 1 aromatic carbocycles. The van der Waals surface area contributed by atoms with Crippen LogP contribution in [-0.4, -0.2) is 28.4 Å². The molecule has 0 fully saturated rings. The highest BCUT2D eigenvalue weighted by molar-refractivity contribution is 5.78. The van der Waals surface area contributed by atoms with Gasteiger partial charge < -0.3 is 9.64 Å². The number of para-hydroxylation sites is 1. The van der Waals surface area contributed by atoms with E-state index in [0.29, 0.717) is 0 Å². The molecular formula is C22H28N2O2. The normalized spacial score (nSPS) is 16.2. The van der Waals surface area contributed by atoms with Gasteiger partial charge in [0.2, 0.25) is 0 Å². The van der Waals surface area contributed by atoms with Crippen LogP contribution in [0.25, 0.3) is 0 Å². The van der Waals surface area contributed by atoms with Gasteiger partial charge in [-0.2, -0.15) is 0 Å². The highest BCUT2D eigenvalue weighted by Gasteiger charge is 2.34. The van der Waals surface area contributed by atoms with Gasteiger partial charge in [-0.25, -0.2) is 0 Å². The Labute approximate surface area is 156 Å². The number of aromatic nitrogens is 1. The number of hydrogen-bond donors (Lipinski definition) is 0. The highest BCUT2D eigenvalue weighted by Crippen LogP contribution is 2.35. The summed E-state index contributed by atoms with van der Waals surface area (Å²) in [7, 11) is 0. The third-order valence-electron chi connectivity index (χ3n) is 5.23. The molecule has 0 saturated heterocycles. The minimum Gasteiger partial charge on any atom is -0.484 e. The fourth-order valence-corrected chi connectivity index (χ4v) is 3.91. The number of fused-ring (bicyclic) bond motifs is 1. The van der Waals surface area contributed by atoms with Gasteiger partial charge in [0.25, 0.3) is 5.91 Å². The number of pyridine rings is 1. The highest BCUT2D eigenvalue weighted by atomic mass is 16.5. The van der Waals surface area contributed by atoms with Crippen LogP contribution in [0, 0.1) is 0 Å². The number of hydrogen-bond acceptors (Lipinski definition) is 3. The molecule has 138 valence electrons. The second-order valence-electron chi connectivity index (χ2n) is 6.83. The zero-order chi connectivity index (χ0) is 18.4. The third kappa shape index (κ3) is 4.06. The average Bonchev–Trinajstić information content (AvgIpc) is 2.70. The Morgan fingerprint density at radius 3 is 2.69 bits per heavy atom. The van der Waals surface area contributed by atoms with E-state index in [1.54, 1.807) is 0 Å². The van der Waals surface area contributed by atoms with Crippen LogP contribution in [0.4, 0.5) is 0 Å². The van der Waals surface area contributed by atoms with E-state index in [-0.39, 0.29) is 24.6 Å². The van der Waals surface area contributed by atoms with Crippen LogP contribution < -0.4 is 4.74 Å². The van der Waals surface area contributed by atoms with Crippen LogP contribution in [0.15, 0.2) is 48.7 Å². The first kappa shape index (κ1) is 18.4. The maximum Gasteiger partial charge on any atom is 0.261 e. The molecule has 0 N–H and O–H groups in total. The lowest BCUT2D eigenvalue weighted by Gasteiger charge is -2.39. The van der Waals surface area contributed by atoms with Crippen LogP contribution in [-0.2, 0) is 11.2 Å². The van der Waals surface area contributed by atoms with Crippen molar-refractivity contribution in [3.8, 4) is 5.75 Å². The molecule has 1 unspecified atom stereocenters. The average molecular weight is 352 g/mol. The lowest BCUT2D eigenvalue weighted by atomic mass is 9.89. The number of ether oxygens (including phenoxy) is 1. The Balaban J connectivity index is 1.82. The number of carbonyl (C=O) groups excluding carboxylic acids is 1. The molecule has 1 heterocycles. The number of nitrogens with zero attached hydrogens (tertiary/aromatic N) is 2. The quantitative estimate of drug-likeness (QED) is 0.734. The summed E-state index contributed by atoms with van der Waals surface area (Å²) in [6, 6.07) is 13.9. The van der Waals surface area contributed by atoms with Gasteiger partial charge in [-0.05, 0) is 55.9 Å². The van der Waals surface area contributed by atoms with Crippen molar-refractivity contribution >= 4 is 5.91 Å². The van der Waals surface area contributed by atoms with Crippen LogP contribution >= 0.6 is 0 Å². The van der Waals surface area contributed by atoms with Crippen molar-refractivity contribution in [2.24, 2.45) is 0 Å². The lowest BCUT2D eigenvalue weighted by Crippen LogP contribution is -2.46. The molecule has 3 rings (SSSR count). The molecule has 1 aliphatic rings. The van der Waals surface area contributed by atoms with Crippen molar-refractivity contribution in [3.63, 3.8) is 0 Å². The molecule has 1 atom stereocenters. The summed E-state index contributed by atoms with van der Waals surface area (Å²) in [6.07, 6.45) is 6.82. The lowest BCUT2D eigenvalue weighted by molar-refractivity contribution is -0.139. The van der Waals surface area contributed by atoms with Crippen LogP contribution in [0.1, 0.15) is 56.8 Å². The van der Waals surface area contributed by atoms with E-state index in [0.717, 1.165) is 43.5 Å². The SMILES string of the molecule is CCC(CC)N(C(=O)COc1ccccc1)C1CCCc2cccnc21. The summed E-state index contributed by atoms with van der Waals surface area (Å²) < 4.78 is 5.76. The summed E-state index contributed by atoms with van der Waals surface area (Å²) >= 11 is 0. The molecule has 1 aliphatic carbocycles. The van der Waals surface area contributed by atoms with E-state index in [1.165, 1.54) is 5.56 Å². The van der Waals surface area contributed by atoms with Gasteiger partial charge >= 0.3 is 0 Å². The second-order valence-corrected chi connectivity index (χ2v) is 6.83. The molecule has 26 heavy (non-hydrogen) atoms. The van der Waals surface area contributed by atoms with Gasteiger partial charge in [0, 0.05) is 12.2 Å². The maximum atomic E-state index is 13.2. The first-order chi connectivity index (χ1) is 12.7. The molecule has 0 bridgehead atoms. The van der Waals surface area contributed by atoms with Crippen molar-refractivity contribution in [1.29, 1.82) is 0 Å². The molecule has 1 amide bonds. The van der Waals surface area contributed by atoms with Gasteiger partial charge in [-0.3, -0.25) is 9.78 Å². The van der Waals surface area contributed by atoms with E-state index in [4.69, 9.17) is 4.74 Å². The predicted molar refractivity (Wildman–Crippen MR) is 103 cm³/mol. The molecular weight excluding hydrogens is 324 g/mol. The Morgan fingerprint density at radius 1 is 1.19 bits per heavy atom. The van der Waals surface area contributed by atoms with Crippen molar-refractivity contribution in [3.05, 3.63) is 59.9 Å². The Kier molecular flexibility index (Phi) is 6.26. The Bertz CT molecular complexity index is 713. The van der Waals surface area contributed by atoms with Crippen molar-refractivity contribution in [2.75, 3.05) is 6.61 Å². The summed E-state index contributed by atoms with van der Waals surface area (Å²) in [5.41, 5.74) is 2.34. The van der Waals surface area contributed by atoms with Gasteiger partial charge in [0.15, 0.2) is 6.61 Å². The van der Waals surface area contributed by atoms with Crippen molar-refractivity contribution in [2.45, 2.75) is 58.0 Å². The molecule has 4 nitrogen and oxygen atoms in total. The number of aryl methyl sites for hydroxylation is 1. The largest absolute Gasteiger partial charge is 0.484 e. The summed E-state index contributed by atoms with van der Waals surface area (Å²) in [6.45, 7) is 4.36. The summed E-state index contributed by atoms with van der Waals surface area (Å²) in [5.74, 6) is 0.776. The van der Waals surface area contributed by atoms with Crippen molar-refractivity contribution in [1.82, 2.24) is 9.88 Å². The third-order valence-corrected chi connectivity index (χ3v) is 5.23. The minimum atomic E-state index is 0.0473. The molecule has 0 radical (unpaired) electrons. The molecule has 0 aliphatic heterocycles. The monoisotopic (exact) mass is 352 g/mol. The van der Waals surface area contributed by atoms with E-state index < -0.39 is 0 Å². The molecule has 0 saturated carbocycles. The maximum absolute atomic E-state index is 13.2. The molecule has 1 aromatic heterocycles. The number of benzene rings is 1. The van der Waals surface area contributed by atoms with Gasteiger partial charge in [-0.15, -0.1) is 0 Å². The summed E-state index contributed by atoms with van der Waals surface area (Å²) in [4.78, 5) is 19.8. The first-order valence-corrected chi connectivity index (χ1v) is 9.67. The summed E-state index contributed by atoms with van der Waals surface area (Å²) in [5, 5.41) is 0. The van der Waals surface area contributed by atoms with Crippen molar-refractivity contribution < 1.29 is 9.53 Å². The van der Waals surface area contributed by atoms with Gasteiger partial charge in [0.1, 0.15) is 5.75 Å². The smallest absolute Gasteiger partial charge is 0.261 e. The van der Waals surface area contributed by atoms with Crippen LogP contribution in [0.5, 0.6) is 5.75 Å². The minimum absolute atomic E-state index is 0.0473. The van der Waals surface area contributed by atoms with Gasteiger partial charge in [0.05, 0.1) is 11.7 Å². The van der Waals surface area contributed by atoms with Crippen LogP contribution in [0.2, 0.25) is 0 Å². The predicted octanol–water partition coefficient (Wildman–Crippen LogP) is 4.56. The van der Waals surface area contributed by atoms with Crippen LogP contribution in [0.3, 0.4) is 0 Å². The fraction of sp³-hybridized carbons (Fsp3) is 0.455.